The summed E-state index contributed by atoms with van der Waals surface area (Å²) in [5.74, 6) is 0.623. The second kappa shape index (κ2) is 8.81. The highest BCUT2D eigenvalue weighted by atomic mass is 19.1. The molecule has 3 aliphatic heterocycles. The highest BCUT2D eigenvalue weighted by Crippen LogP contribution is 2.45. The third-order valence-corrected chi connectivity index (χ3v) is 8.44. The van der Waals surface area contributed by atoms with Crippen LogP contribution in [0.4, 0.5) is 4.39 Å². The van der Waals surface area contributed by atoms with Crippen molar-refractivity contribution in [1.29, 1.82) is 0 Å². The maximum Gasteiger partial charge on any atom is 0.229 e. The van der Waals surface area contributed by atoms with Gasteiger partial charge in [-0.05, 0) is 87.1 Å². The van der Waals surface area contributed by atoms with Crippen LogP contribution in [-0.4, -0.2) is 45.5 Å². The molecule has 2 bridgehead atoms. The van der Waals surface area contributed by atoms with Gasteiger partial charge in [0.25, 0.3) is 0 Å². The first-order valence-electron chi connectivity index (χ1n) is 12.7. The van der Waals surface area contributed by atoms with E-state index in [2.05, 4.69) is 27.6 Å². The lowest BCUT2D eigenvalue weighted by Crippen LogP contribution is -2.55. The minimum Gasteiger partial charge on any atom is -0.381 e. The highest BCUT2D eigenvalue weighted by Gasteiger charge is 2.50. The summed E-state index contributed by atoms with van der Waals surface area (Å²) in [6.07, 6.45) is 13.4. The molecule has 2 unspecified atom stereocenters. The lowest BCUT2D eigenvalue weighted by Gasteiger charge is -2.46. The molecule has 3 saturated heterocycles. The van der Waals surface area contributed by atoms with E-state index in [9.17, 15) is 9.18 Å². The largest absolute Gasteiger partial charge is 0.381 e. The van der Waals surface area contributed by atoms with Gasteiger partial charge < -0.3 is 14.0 Å². The van der Waals surface area contributed by atoms with E-state index in [0.29, 0.717) is 43.5 Å². The fraction of sp³-hybridized carbons (Fsp3) is 0.500. The molecule has 0 saturated carbocycles. The van der Waals surface area contributed by atoms with Crippen molar-refractivity contribution in [3.05, 3.63) is 72.1 Å². The number of carbonyl (C=O) groups excluding carboxylic acids is 1. The van der Waals surface area contributed by atoms with Crippen LogP contribution in [0, 0.1) is 17.2 Å². The van der Waals surface area contributed by atoms with Crippen molar-refractivity contribution in [2.45, 2.75) is 63.5 Å². The Morgan fingerprint density at radius 1 is 1.06 bits per heavy atom. The Morgan fingerprint density at radius 2 is 1.79 bits per heavy atom. The second-order valence-electron chi connectivity index (χ2n) is 10.5. The van der Waals surface area contributed by atoms with Gasteiger partial charge in [0.15, 0.2) is 0 Å². The van der Waals surface area contributed by atoms with Crippen molar-refractivity contribution in [2.75, 3.05) is 13.2 Å². The predicted molar refractivity (Wildman–Crippen MR) is 128 cm³/mol. The zero-order chi connectivity index (χ0) is 23.1. The van der Waals surface area contributed by atoms with Gasteiger partial charge in [-0.3, -0.25) is 9.78 Å². The van der Waals surface area contributed by atoms with Crippen LogP contribution in [0.25, 0.3) is 5.52 Å². The van der Waals surface area contributed by atoms with Gasteiger partial charge in [-0.15, -0.1) is 0 Å². The molecule has 34 heavy (non-hydrogen) atoms. The molecule has 3 aliphatic rings. The van der Waals surface area contributed by atoms with Crippen LogP contribution in [0.3, 0.4) is 0 Å². The normalized spacial score (nSPS) is 26.1. The van der Waals surface area contributed by atoms with Gasteiger partial charge in [0.05, 0.1) is 16.6 Å². The first-order valence-corrected chi connectivity index (χ1v) is 12.7. The first kappa shape index (κ1) is 21.8. The van der Waals surface area contributed by atoms with Crippen LogP contribution in [0.1, 0.15) is 49.8 Å². The average Bonchev–Trinajstić information content (AvgIpc) is 3.44. The number of hydrogen-bond donors (Lipinski definition) is 0. The number of ether oxygens (including phenoxy) is 1. The summed E-state index contributed by atoms with van der Waals surface area (Å²) in [6.45, 7) is 1.23. The van der Waals surface area contributed by atoms with E-state index in [1.165, 1.54) is 17.6 Å². The predicted octanol–water partition coefficient (Wildman–Crippen LogP) is 4.83. The van der Waals surface area contributed by atoms with Crippen LogP contribution < -0.4 is 0 Å². The van der Waals surface area contributed by atoms with Gasteiger partial charge in [-0.2, -0.15) is 0 Å². The molecule has 0 aliphatic carbocycles. The number of benzene rings is 1. The van der Waals surface area contributed by atoms with Gasteiger partial charge in [-0.25, -0.2) is 4.39 Å². The summed E-state index contributed by atoms with van der Waals surface area (Å²) in [7, 11) is 0. The summed E-state index contributed by atoms with van der Waals surface area (Å²) in [4.78, 5) is 21.1. The molecule has 1 amide bonds. The molecule has 3 aromatic rings. The van der Waals surface area contributed by atoms with E-state index in [1.54, 1.807) is 0 Å². The molecular weight excluding hydrogens is 429 g/mol. The standard InChI is InChI=1S/C28H32FN3O2/c29-22-5-3-20(4-6-22)19-28(9-14-34-15-10-28)27(33)32-23-7-8-24(32)17-21(16-23)18-25-26-2-1-12-31(26)13-11-30-25/h1-6,11-13,21,23-24H,7-10,14-19H2. The highest BCUT2D eigenvalue weighted by molar-refractivity contribution is 5.84. The monoisotopic (exact) mass is 461 g/mol. The average molecular weight is 462 g/mol. The number of nitrogens with zero attached hydrogens (tertiary/aromatic N) is 3. The summed E-state index contributed by atoms with van der Waals surface area (Å²) in [5.41, 5.74) is 2.94. The molecule has 0 N–H and O–H groups in total. The lowest BCUT2D eigenvalue weighted by atomic mass is 9.73. The molecule has 0 spiro atoms. The van der Waals surface area contributed by atoms with Gasteiger partial charge in [0, 0.05) is 43.9 Å². The Morgan fingerprint density at radius 3 is 2.53 bits per heavy atom. The van der Waals surface area contributed by atoms with Gasteiger partial charge >= 0.3 is 0 Å². The van der Waals surface area contributed by atoms with E-state index in [4.69, 9.17) is 9.72 Å². The van der Waals surface area contributed by atoms with E-state index in [0.717, 1.165) is 56.2 Å². The number of fused-ring (bicyclic) bond motifs is 3. The van der Waals surface area contributed by atoms with Gasteiger partial charge in [0.2, 0.25) is 5.91 Å². The van der Waals surface area contributed by atoms with E-state index < -0.39 is 5.41 Å². The number of rotatable bonds is 5. The van der Waals surface area contributed by atoms with Crippen molar-refractivity contribution in [3.8, 4) is 0 Å². The maximum atomic E-state index is 14.2. The van der Waals surface area contributed by atoms with Crippen LogP contribution >= 0.6 is 0 Å². The van der Waals surface area contributed by atoms with E-state index in [-0.39, 0.29) is 5.82 Å². The van der Waals surface area contributed by atoms with Gasteiger partial charge in [0.1, 0.15) is 5.82 Å². The third-order valence-electron chi connectivity index (χ3n) is 8.44. The molecule has 5 heterocycles. The number of piperidine rings is 1. The molecule has 6 rings (SSSR count). The van der Waals surface area contributed by atoms with Crippen molar-refractivity contribution in [2.24, 2.45) is 11.3 Å². The zero-order valence-corrected chi connectivity index (χ0v) is 19.5. The fourth-order valence-electron chi connectivity index (χ4n) is 6.74. The number of carbonyl (C=O) groups is 1. The molecule has 2 aromatic heterocycles. The third kappa shape index (κ3) is 3.92. The van der Waals surface area contributed by atoms with Crippen molar-refractivity contribution < 1.29 is 13.9 Å². The topological polar surface area (TPSA) is 46.8 Å². The maximum absolute atomic E-state index is 14.2. The minimum atomic E-state index is -0.442. The quantitative estimate of drug-likeness (QED) is 0.547. The van der Waals surface area contributed by atoms with E-state index in [1.807, 2.05) is 24.5 Å². The first-order chi connectivity index (χ1) is 16.6. The fourth-order valence-corrected chi connectivity index (χ4v) is 6.74. The molecule has 5 nitrogen and oxygen atoms in total. The molecule has 1 aromatic carbocycles. The lowest BCUT2D eigenvalue weighted by molar-refractivity contribution is -0.153. The Bertz CT molecular complexity index is 1150. The van der Waals surface area contributed by atoms with Gasteiger partial charge in [-0.1, -0.05) is 12.1 Å². The van der Waals surface area contributed by atoms with E-state index >= 15 is 0 Å². The van der Waals surface area contributed by atoms with Crippen LogP contribution in [-0.2, 0) is 22.4 Å². The SMILES string of the molecule is O=C(N1C2CCC1CC(Cc1nccn3cccc13)C2)C1(Cc2ccc(F)cc2)CCOCC1. The summed E-state index contributed by atoms with van der Waals surface area (Å²) >= 11 is 0. The van der Waals surface area contributed by atoms with Crippen molar-refractivity contribution in [1.82, 2.24) is 14.3 Å². The molecule has 0 radical (unpaired) electrons. The minimum absolute atomic E-state index is 0.235. The number of hydrogen-bond acceptors (Lipinski definition) is 3. The molecule has 178 valence electrons. The number of amides is 1. The summed E-state index contributed by atoms with van der Waals surface area (Å²) in [5, 5.41) is 0. The van der Waals surface area contributed by atoms with Crippen LogP contribution in [0.2, 0.25) is 0 Å². The Kier molecular flexibility index (Phi) is 5.64. The molecule has 2 atom stereocenters. The molecule has 6 heteroatoms. The number of halogens is 1. The second-order valence-corrected chi connectivity index (χ2v) is 10.5. The zero-order valence-electron chi connectivity index (χ0n) is 19.5. The van der Waals surface area contributed by atoms with Crippen LogP contribution in [0.15, 0.2) is 55.0 Å². The Balaban J connectivity index is 1.21. The van der Waals surface area contributed by atoms with Crippen LogP contribution in [0.5, 0.6) is 0 Å². The summed E-state index contributed by atoms with van der Waals surface area (Å²) < 4.78 is 21.3. The summed E-state index contributed by atoms with van der Waals surface area (Å²) in [6, 6.07) is 11.5. The van der Waals surface area contributed by atoms with Crippen molar-refractivity contribution >= 4 is 11.4 Å². The Labute approximate surface area is 199 Å². The van der Waals surface area contributed by atoms with Crippen molar-refractivity contribution in [3.63, 3.8) is 0 Å². The molecule has 3 fully saturated rings. The molecular formula is C28H32FN3O2. The Hall–Kier alpha value is -2.73. The number of aromatic nitrogens is 2. The smallest absolute Gasteiger partial charge is 0.229 e.